The number of allylic oxidation sites excluding steroid dienone is 1. The lowest BCUT2D eigenvalue weighted by atomic mass is 10.1. The molecule has 0 aliphatic carbocycles. The summed E-state index contributed by atoms with van der Waals surface area (Å²) in [6, 6.07) is 18.2. The number of anilines is 4. The zero-order valence-corrected chi connectivity index (χ0v) is 21.7. The number of rotatable bonds is 13. The van der Waals surface area contributed by atoms with Crippen LogP contribution in [0.1, 0.15) is 37.7 Å². The Kier molecular flexibility index (Phi) is 8.98. The third-order valence-corrected chi connectivity index (χ3v) is 6.16. The molecule has 0 fully saturated rings. The van der Waals surface area contributed by atoms with E-state index in [2.05, 4.69) is 15.6 Å². The van der Waals surface area contributed by atoms with Gasteiger partial charge in [-0.15, -0.1) is 5.10 Å². The lowest BCUT2D eigenvalue weighted by Gasteiger charge is -2.08. The minimum Gasteiger partial charge on any atom is -0.481 e. The van der Waals surface area contributed by atoms with Gasteiger partial charge in [0.25, 0.3) is 5.91 Å². The van der Waals surface area contributed by atoms with E-state index in [0.717, 1.165) is 35.6 Å². The number of nitrogens with two attached hydrogens (primary N) is 1. The summed E-state index contributed by atoms with van der Waals surface area (Å²) in [5, 5.41) is 35.5. The number of carboxylic acids is 1. The Morgan fingerprint density at radius 2 is 1.85 bits per heavy atom. The highest BCUT2D eigenvalue weighted by Crippen LogP contribution is 2.29. The van der Waals surface area contributed by atoms with Crippen molar-refractivity contribution in [3.05, 3.63) is 77.9 Å². The number of carboxylic acid groups (broad SMARTS) is 1. The van der Waals surface area contributed by atoms with Gasteiger partial charge in [0.2, 0.25) is 0 Å². The minimum absolute atomic E-state index is 0.125. The Morgan fingerprint density at radius 3 is 2.62 bits per heavy atom. The molecule has 4 aromatic rings. The zero-order valence-electron chi connectivity index (χ0n) is 21.7. The zero-order chi connectivity index (χ0) is 28.5. The van der Waals surface area contributed by atoms with Crippen LogP contribution in [0.3, 0.4) is 0 Å². The number of nitrogens with one attached hydrogen (secondary N) is 4. The number of aromatic nitrogens is 3. The molecule has 0 spiro atoms. The molecule has 0 saturated carbocycles. The van der Waals surface area contributed by atoms with E-state index in [9.17, 15) is 9.59 Å². The van der Waals surface area contributed by atoms with E-state index in [-0.39, 0.29) is 12.0 Å². The molecule has 4 rings (SSSR count). The van der Waals surface area contributed by atoms with E-state index >= 15 is 0 Å². The largest absolute Gasteiger partial charge is 0.481 e. The summed E-state index contributed by atoms with van der Waals surface area (Å²) in [5.41, 5.74) is 8.75. The number of aliphatic carboxylic acids is 1. The van der Waals surface area contributed by atoms with Gasteiger partial charge in [-0.1, -0.05) is 30.7 Å². The first-order valence-electron chi connectivity index (χ1n) is 12.8. The maximum Gasteiger partial charge on any atom is 0.303 e. The predicted octanol–water partition coefficient (Wildman–Crippen LogP) is 5.29. The lowest BCUT2D eigenvalue weighted by Crippen LogP contribution is -2.16. The Morgan fingerprint density at radius 1 is 1.02 bits per heavy atom. The fraction of sp³-hybridized carbons (Fsp3) is 0.172. The van der Waals surface area contributed by atoms with Crippen LogP contribution < -0.4 is 16.4 Å². The highest BCUT2D eigenvalue weighted by Gasteiger charge is 2.15. The maximum absolute atomic E-state index is 12.8. The van der Waals surface area contributed by atoms with Gasteiger partial charge in [0.1, 0.15) is 5.82 Å². The topological polar surface area (TPSA) is 183 Å². The van der Waals surface area contributed by atoms with Gasteiger partial charge in [-0.2, -0.15) is 0 Å². The lowest BCUT2D eigenvalue weighted by molar-refractivity contribution is -0.137. The Hall–Kier alpha value is -5.32. The summed E-state index contributed by atoms with van der Waals surface area (Å²) in [5.74, 6) is 0.103. The number of carbonyl (C=O) groups is 2. The number of unbranched alkanes of at least 4 members (excludes halogenated alkanes) is 3. The van der Waals surface area contributed by atoms with Crippen molar-refractivity contribution < 1.29 is 14.7 Å². The van der Waals surface area contributed by atoms with Crippen molar-refractivity contribution >= 4 is 58.2 Å². The Labute approximate surface area is 230 Å². The highest BCUT2D eigenvalue weighted by molar-refractivity contribution is 6.16. The van der Waals surface area contributed by atoms with Gasteiger partial charge in [-0.25, -0.2) is 9.67 Å². The second-order valence-electron chi connectivity index (χ2n) is 9.02. The van der Waals surface area contributed by atoms with Gasteiger partial charge in [-0.05, 0) is 61.7 Å². The van der Waals surface area contributed by atoms with Crippen molar-refractivity contribution in [3.8, 4) is 5.82 Å². The van der Waals surface area contributed by atoms with Crippen molar-refractivity contribution in [2.45, 2.75) is 32.1 Å². The van der Waals surface area contributed by atoms with E-state index in [4.69, 9.17) is 26.8 Å². The van der Waals surface area contributed by atoms with Crippen LogP contribution in [0.25, 0.3) is 16.7 Å². The quantitative estimate of drug-likeness (QED) is 0.0578. The smallest absolute Gasteiger partial charge is 0.303 e. The normalized spacial score (nSPS) is 11.2. The highest BCUT2D eigenvalue weighted by atomic mass is 16.4. The van der Waals surface area contributed by atoms with Crippen LogP contribution in [0.2, 0.25) is 0 Å². The first-order chi connectivity index (χ1) is 19.4. The number of benzene rings is 2. The average molecular weight is 539 g/mol. The molecule has 0 atom stereocenters. The summed E-state index contributed by atoms with van der Waals surface area (Å²) in [4.78, 5) is 28.0. The van der Waals surface area contributed by atoms with E-state index in [1.54, 1.807) is 41.1 Å². The van der Waals surface area contributed by atoms with Crippen molar-refractivity contribution in [2.24, 2.45) is 0 Å². The minimum atomic E-state index is -0.820. The van der Waals surface area contributed by atoms with Crippen LogP contribution in [0, 0.1) is 10.8 Å². The molecule has 204 valence electrons. The molecule has 0 radical (unpaired) electrons. The molecule has 0 bridgehead atoms. The first-order valence-corrected chi connectivity index (χ1v) is 12.8. The molecule has 7 N–H and O–H groups in total. The molecule has 2 aromatic carbocycles. The molecule has 11 nitrogen and oxygen atoms in total. The van der Waals surface area contributed by atoms with Gasteiger partial charge >= 0.3 is 5.97 Å². The van der Waals surface area contributed by atoms with Gasteiger partial charge in [0.15, 0.2) is 11.6 Å². The summed E-state index contributed by atoms with van der Waals surface area (Å²) in [7, 11) is 0. The van der Waals surface area contributed by atoms with Crippen LogP contribution >= 0.6 is 0 Å². The van der Waals surface area contributed by atoms with Crippen LogP contribution in [0.15, 0.2) is 72.3 Å². The molecule has 0 unspecified atom stereocenters. The van der Waals surface area contributed by atoms with Gasteiger partial charge in [0, 0.05) is 41.2 Å². The third-order valence-electron chi connectivity index (χ3n) is 6.16. The molecule has 2 heterocycles. The molecule has 0 aliphatic rings. The number of hydrogen-bond acceptors (Lipinski definition) is 8. The molecule has 0 saturated heterocycles. The summed E-state index contributed by atoms with van der Waals surface area (Å²) < 4.78 is 1.67. The first kappa shape index (κ1) is 27.7. The van der Waals surface area contributed by atoms with Crippen molar-refractivity contribution in [2.75, 3.05) is 16.4 Å². The molecular formula is C29H30N8O3. The second kappa shape index (κ2) is 13.0. The SMILES string of the molecule is N=C/C(=C\CCCCCC(=O)O)C(=O)Nc1cccc(-n2nc(Nc3ccc(N)c(C=N)c3)c3ccccc32)n1. The maximum atomic E-state index is 12.8. The predicted molar refractivity (Wildman–Crippen MR) is 157 cm³/mol. The number of amides is 1. The number of nitrogens with zero attached hydrogens (tertiary/aromatic N) is 3. The van der Waals surface area contributed by atoms with Crippen molar-refractivity contribution in [1.82, 2.24) is 14.8 Å². The average Bonchev–Trinajstić information content (AvgIpc) is 3.32. The van der Waals surface area contributed by atoms with Gasteiger partial charge in [0.05, 0.1) is 11.1 Å². The number of para-hydroxylation sites is 1. The second-order valence-corrected chi connectivity index (χ2v) is 9.02. The van der Waals surface area contributed by atoms with Gasteiger partial charge in [-0.3, -0.25) is 9.59 Å². The number of fused-ring (bicyclic) bond motifs is 1. The Balaban J connectivity index is 1.52. The van der Waals surface area contributed by atoms with Crippen molar-refractivity contribution in [3.63, 3.8) is 0 Å². The number of nitrogen functional groups attached to an aromatic ring is 1. The number of pyridine rings is 1. The third kappa shape index (κ3) is 6.76. The number of hydrogen-bond donors (Lipinski definition) is 6. The molecule has 11 heteroatoms. The van der Waals surface area contributed by atoms with Crippen LogP contribution in [-0.4, -0.2) is 44.2 Å². The van der Waals surface area contributed by atoms with Crippen molar-refractivity contribution in [1.29, 1.82) is 10.8 Å². The number of carbonyl (C=O) groups excluding carboxylic acids is 1. The van der Waals surface area contributed by atoms with E-state index in [1.807, 2.05) is 30.3 Å². The standard InChI is InChI=1S/C29H30N8O3/c30-17-19(8-3-1-2-4-13-27(38)39)29(40)35-25-11-7-12-26(34-25)37-24-10-6-5-9-22(24)28(36-37)33-21-14-15-23(32)20(16-21)18-31/h5-12,14-18,30-31H,1-4,13,32H2,(H,33,36)(H,38,39)(H,34,35,40)/b19-8+,30-17?,31-18?. The Bertz CT molecular complexity index is 1590. The monoisotopic (exact) mass is 538 g/mol. The molecule has 2 aromatic heterocycles. The molecule has 1 amide bonds. The van der Waals surface area contributed by atoms with E-state index < -0.39 is 11.9 Å². The summed E-state index contributed by atoms with van der Waals surface area (Å²) in [6.07, 6.45) is 6.60. The molecular weight excluding hydrogens is 508 g/mol. The summed E-state index contributed by atoms with van der Waals surface area (Å²) in [6.45, 7) is 0. The molecule has 0 aliphatic heterocycles. The van der Waals surface area contributed by atoms with Gasteiger partial charge < -0.3 is 32.3 Å². The molecule has 40 heavy (non-hydrogen) atoms. The fourth-order valence-electron chi connectivity index (χ4n) is 4.12. The van der Waals surface area contributed by atoms with Crippen LogP contribution in [0.5, 0.6) is 0 Å². The van der Waals surface area contributed by atoms with E-state index in [1.165, 1.54) is 6.21 Å². The summed E-state index contributed by atoms with van der Waals surface area (Å²) >= 11 is 0. The van der Waals surface area contributed by atoms with Crippen LogP contribution in [0.4, 0.5) is 23.0 Å². The van der Waals surface area contributed by atoms with Crippen LogP contribution in [-0.2, 0) is 9.59 Å². The van der Waals surface area contributed by atoms with E-state index in [0.29, 0.717) is 41.5 Å². The fourth-order valence-corrected chi connectivity index (χ4v) is 4.12.